The van der Waals surface area contributed by atoms with E-state index in [-0.39, 0.29) is 30.4 Å². The highest BCUT2D eigenvalue weighted by molar-refractivity contribution is 6.03. The number of pyridine rings is 1. The van der Waals surface area contributed by atoms with Gasteiger partial charge >= 0.3 is 6.01 Å². The van der Waals surface area contributed by atoms with Crippen LogP contribution in [0.4, 0.5) is 23.1 Å². The maximum Gasteiger partial charge on any atom is 0.320 e. The normalized spacial score (nSPS) is 20.8. The second-order valence-electron chi connectivity index (χ2n) is 8.06. The summed E-state index contributed by atoms with van der Waals surface area (Å²) >= 11 is 0. The largest absolute Gasteiger partial charge is 0.461 e. The van der Waals surface area contributed by atoms with Gasteiger partial charge < -0.3 is 35.1 Å². The minimum absolute atomic E-state index is 0.0436. The topological polar surface area (TPSA) is 128 Å². The summed E-state index contributed by atoms with van der Waals surface area (Å²) < 4.78 is 16.8. The Morgan fingerprint density at radius 2 is 2.12 bits per heavy atom. The van der Waals surface area contributed by atoms with Crippen molar-refractivity contribution in [3.8, 4) is 6.01 Å². The van der Waals surface area contributed by atoms with Gasteiger partial charge in [-0.15, -0.1) is 0 Å². The van der Waals surface area contributed by atoms with Gasteiger partial charge in [-0.25, -0.2) is 4.98 Å². The molecule has 2 aromatic rings. The lowest BCUT2D eigenvalue weighted by atomic mass is 10.2. The monoisotopic (exact) mass is 441 g/mol. The van der Waals surface area contributed by atoms with Crippen LogP contribution in [0.15, 0.2) is 18.3 Å². The molecule has 5 rings (SSSR count). The van der Waals surface area contributed by atoms with E-state index in [1.807, 2.05) is 17.0 Å². The van der Waals surface area contributed by atoms with Crippen LogP contribution in [0.3, 0.4) is 0 Å². The van der Waals surface area contributed by atoms with Gasteiger partial charge in [0.1, 0.15) is 18.1 Å². The maximum absolute atomic E-state index is 12.3. The summed E-state index contributed by atoms with van der Waals surface area (Å²) in [6.45, 7) is 4.75. The SMILES string of the molecule is Nc1nc(OCC2CCCO2)nc2c1NC(=O)CN2Cc1ccnc(N2CCOCC2)c1. The molecule has 32 heavy (non-hydrogen) atoms. The predicted octanol–water partition coefficient (Wildman–Crippen LogP) is 0.807. The Labute approximate surface area is 185 Å². The molecule has 1 atom stereocenters. The van der Waals surface area contributed by atoms with E-state index >= 15 is 0 Å². The van der Waals surface area contributed by atoms with Crippen molar-refractivity contribution in [3.05, 3.63) is 23.9 Å². The Morgan fingerprint density at radius 1 is 1.25 bits per heavy atom. The fourth-order valence-corrected chi connectivity index (χ4v) is 4.10. The van der Waals surface area contributed by atoms with Crippen LogP contribution in [0.5, 0.6) is 6.01 Å². The van der Waals surface area contributed by atoms with Crippen molar-refractivity contribution >= 4 is 29.0 Å². The lowest BCUT2D eigenvalue weighted by Gasteiger charge is -2.31. The summed E-state index contributed by atoms with van der Waals surface area (Å²) in [6, 6.07) is 4.16. The second kappa shape index (κ2) is 9.13. The van der Waals surface area contributed by atoms with Crippen molar-refractivity contribution in [2.75, 3.05) is 66.9 Å². The molecule has 3 N–H and O–H groups in total. The number of nitrogens with one attached hydrogen (secondary N) is 1. The highest BCUT2D eigenvalue weighted by Crippen LogP contribution is 2.34. The number of amides is 1. The van der Waals surface area contributed by atoms with Gasteiger partial charge in [-0.3, -0.25) is 4.79 Å². The van der Waals surface area contributed by atoms with Crippen LogP contribution in [-0.4, -0.2) is 73.0 Å². The van der Waals surface area contributed by atoms with E-state index in [1.54, 1.807) is 6.20 Å². The van der Waals surface area contributed by atoms with E-state index in [2.05, 4.69) is 25.2 Å². The molecule has 2 fully saturated rings. The standard InChI is InChI=1S/C21H27N7O4/c22-19-18-20(26-21(25-19)32-13-15-2-1-7-31-15)28(12-17(29)24-18)11-14-3-4-23-16(10-14)27-5-8-30-9-6-27/h3-4,10,15H,1-2,5-9,11-13H2,(H,24,29)(H2,22,25,26). The number of fused-ring (bicyclic) bond motifs is 1. The van der Waals surface area contributed by atoms with Gasteiger partial charge in [-0.05, 0) is 30.5 Å². The molecule has 5 heterocycles. The molecular weight excluding hydrogens is 414 g/mol. The Morgan fingerprint density at radius 3 is 2.94 bits per heavy atom. The zero-order chi connectivity index (χ0) is 21.9. The van der Waals surface area contributed by atoms with Crippen LogP contribution in [0.1, 0.15) is 18.4 Å². The number of aromatic nitrogens is 3. The average Bonchev–Trinajstić information content (AvgIpc) is 3.33. The third-order valence-corrected chi connectivity index (χ3v) is 5.74. The van der Waals surface area contributed by atoms with Crippen molar-refractivity contribution in [2.45, 2.75) is 25.5 Å². The number of nitrogen functional groups attached to an aromatic ring is 1. The van der Waals surface area contributed by atoms with Crippen LogP contribution in [0, 0.1) is 0 Å². The van der Waals surface area contributed by atoms with Gasteiger partial charge in [-0.1, -0.05) is 0 Å². The summed E-state index contributed by atoms with van der Waals surface area (Å²) in [7, 11) is 0. The zero-order valence-electron chi connectivity index (χ0n) is 17.8. The molecule has 2 saturated heterocycles. The lowest BCUT2D eigenvalue weighted by molar-refractivity contribution is -0.115. The minimum atomic E-state index is -0.164. The van der Waals surface area contributed by atoms with E-state index < -0.39 is 0 Å². The first-order chi connectivity index (χ1) is 15.7. The number of carbonyl (C=O) groups is 1. The molecule has 11 nitrogen and oxygen atoms in total. The number of nitrogens with zero attached hydrogens (tertiary/aromatic N) is 5. The molecule has 0 aromatic carbocycles. The number of ether oxygens (including phenoxy) is 3. The molecule has 3 aliphatic rings. The zero-order valence-corrected chi connectivity index (χ0v) is 17.8. The smallest absolute Gasteiger partial charge is 0.320 e. The van der Waals surface area contributed by atoms with Crippen molar-refractivity contribution in [1.82, 2.24) is 15.0 Å². The molecule has 3 aliphatic heterocycles. The summed E-state index contributed by atoms with van der Waals surface area (Å²) in [4.78, 5) is 29.7. The predicted molar refractivity (Wildman–Crippen MR) is 118 cm³/mol. The minimum Gasteiger partial charge on any atom is -0.461 e. The van der Waals surface area contributed by atoms with Crippen molar-refractivity contribution in [2.24, 2.45) is 0 Å². The Hall–Kier alpha value is -3.18. The number of anilines is 4. The van der Waals surface area contributed by atoms with E-state index in [0.717, 1.165) is 43.9 Å². The van der Waals surface area contributed by atoms with E-state index in [1.165, 1.54) is 0 Å². The van der Waals surface area contributed by atoms with Gasteiger partial charge in [0, 0.05) is 32.4 Å². The number of rotatable bonds is 6. The Bertz CT molecular complexity index is 977. The molecule has 0 spiro atoms. The van der Waals surface area contributed by atoms with Crippen molar-refractivity contribution < 1.29 is 19.0 Å². The van der Waals surface area contributed by atoms with Gasteiger partial charge in [0.25, 0.3) is 0 Å². The Balaban J connectivity index is 1.36. The maximum atomic E-state index is 12.3. The molecule has 1 amide bonds. The molecule has 0 radical (unpaired) electrons. The summed E-state index contributed by atoms with van der Waals surface area (Å²) in [5, 5.41) is 2.79. The summed E-state index contributed by atoms with van der Waals surface area (Å²) in [6.07, 6.45) is 3.81. The quantitative estimate of drug-likeness (QED) is 0.664. The van der Waals surface area contributed by atoms with E-state index in [4.69, 9.17) is 19.9 Å². The van der Waals surface area contributed by atoms with Crippen LogP contribution in [0.25, 0.3) is 0 Å². The lowest BCUT2D eigenvalue weighted by Crippen LogP contribution is -2.39. The number of morpholine rings is 1. The molecule has 0 bridgehead atoms. The van der Waals surface area contributed by atoms with Gasteiger partial charge in [-0.2, -0.15) is 9.97 Å². The Kier molecular flexibility index (Phi) is 5.91. The van der Waals surface area contributed by atoms with Crippen LogP contribution < -0.4 is 25.6 Å². The number of carbonyl (C=O) groups excluding carboxylic acids is 1. The number of hydrogen-bond acceptors (Lipinski definition) is 10. The van der Waals surface area contributed by atoms with Gasteiger partial charge in [0.05, 0.1) is 25.9 Å². The molecule has 11 heteroatoms. The van der Waals surface area contributed by atoms with E-state index in [0.29, 0.717) is 37.9 Å². The number of hydrogen-bond donors (Lipinski definition) is 2. The molecular formula is C21H27N7O4. The highest BCUT2D eigenvalue weighted by atomic mass is 16.5. The average molecular weight is 441 g/mol. The second-order valence-corrected chi connectivity index (χ2v) is 8.06. The fourth-order valence-electron chi connectivity index (χ4n) is 4.10. The first-order valence-corrected chi connectivity index (χ1v) is 10.9. The number of nitrogens with two attached hydrogens (primary N) is 1. The molecule has 0 aliphatic carbocycles. The first-order valence-electron chi connectivity index (χ1n) is 10.9. The molecule has 0 saturated carbocycles. The van der Waals surface area contributed by atoms with Crippen molar-refractivity contribution in [3.63, 3.8) is 0 Å². The third-order valence-electron chi connectivity index (χ3n) is 5.74. The highest BCUT2D eigenvalue weighted by Gasteiger charge is 2.28. The molecule has 1 unspecified atom stereocenters. The molecule has 2 aromatic heterocycles. The summed E-state index contributed by atoms with van der Waals surface area (Å²) in [5.41, 5.74) is 7.56. The van der Waals surface area contributed by atoms with E-state index in [9.17, 15) is 4.79 Å². The molecule has 170 valence electrons. The third kappa shape index (κ3) is 4.53. The fraction of sp³-hybridized carbons (Fsp3) is 0.524. The van der Waals surface area contributed by atoms with Gasteiger partial charge in [0.2, 0.25) is 5.91 Å². The summed E-state index contributed by atoms with van der Waals surface area (Å²) in [5.74, 6) is 1.46. The van der Waals surface area contributed by atoms with Crippen LogP contribution in [-0.2, 0) is 20.8 Å². The van der Waals surface area contributed by atoms with Crippen LogP contribution >= 0.6 is 0 Å². The first kappa shape index (κ1) is 20.7. The van der Waals surface area contributed by atoms with Crippen molar-refractivity contribution in [1.29, 1.82) is 0 Å². The van der Waals surface area contributed by atoms with Gasteiger partial charge in [0.15, 0.2) is 11.6 Å². The van der Waals surface area contributed by atoms with Crippen LogP contribution in [0.2, 0.25) is 0 Å².